The maximum Gasteiger partial charge on any atom is 0.242 e. The van der Waals surface area contributed by atoms with E-state index in [0.29, 0.717) is 25.4 Å². The molecule has 2 amide bonds. The second-order valence-corrected chi connectivity index (χ2v) is 6.63. The summed E-state index contributed by atoms with van der Waals surface area (Å²) in [6.45, 7) is 11.7. The van der Waals surface area contributed by atoms with Crippen LogP contribution in [0.15, 0.2) is 0 Å². The van der Waals surface area contributed by atoms with Crippen molar-refractivity contribution in [3.05, 3.63) is 0 Å². The molecule has 1 aliphatic rings. The molecule has 0 bridgehead atoms. The van der Waals surface area contributed by atoms with Gasteiger partial charge in [0.25, 0.3) is 0 Å². The van der Waals surface area contributed by atoms with E-state index < -0.39 is 0 Å². The van der Waals surface area contributed by atoms with Crippen LogP contribution >= 0.6 is 0 Å². The Morgan fingerprint density at radius 2 is 2.11 bits per heavy atom. The zero-order chi connectivity index (χ0) is 13.9. The molecule has 2 atom stereocenters. The van der Waals surface area contributed by atoms with E-state index in [9.17, 15) is 9.59 Å². The highest BCUT2D eigenvalue weighted by Gasteiger charge is 2.30. The minimum absolute atomic E-state index is 0.0434. The molecule has 1 fully saturated rings. The van der Waals surface area contributed by atoms with Gasteiger partial charge in [0.1, 0.15) is 6.04 Å². The van der Waals surface area contributed by atoms with Crippen molar-refractivity contribution < 1.29 is 9.59 Å². The highest BCUT2D eigenvalue weighted by atomic mass is 16.2. The molecule has 0 spiro atoms. The third kappa shape index (κ3) is 4.31. The van der Waals surface area contributed by atoms with Crippen molar-refractivity contribution in [2.75, 3.05) is 13.1 Å². The summed E-state index contributed by atoms with van der Waals surface area (Å²) >= 11 is 0. The number of carbonyl (C=O) groups is 2. The standard InChI is InChI=1S/C14H26N2O2/c1-10(9-14(3,4)5)8-12(17)16-7-6-15-13(18)11(16)2/h10-11H,6-9H2,1-5H3,(H,15,18). The van der Waals surface area contributed by atoms with Crippen LogP contribution < -0.4 is 5.32 Å². The first-order valence-electron chi connectivity index (χ1n) is 6.78. The van der Waals surface area contributed by atoms with Crippen molar-refractivity contribution in [3.8, 4) is 0 Å². The lowest BCUT2D eigenvalue weighted by Crippen LogP contribution is -2.56. The quantitative estimate of drug-likeness (QED) is 0.835. The lowest BCUT2D eigenvalue weighted by molar-refractivity contribution is -0.143. The Bertz CT molecular complexity index is 320. The second-order valence-electron chi connectivity index (χ2n) is 6.63. The summed E-state index contributed by atoms with van der Waals surface area (Å²) in [5.74, 6) is 0.418. The minimum Gasteiger partial charge on any atom is -0.353 e. The van der Waals surface area contributed by atoms with Gasteiger partial charge in [-0.05, 0) is 24.7 Å². The Balaban J connectivity index is 2.52. The molecule has 1 saturated heterocycles. The van der Waals surface area contributed by atoms with E-state index in [1.165, 1.54) is 0 Å². The molecule has 4 nitrogen and oxygen atoms in total. The maximum absolute atomic E-state index is 12.2. The van der Waals surface area contributed by atoms with Crippen LogP contribution in [0.25, 0.3) is 0 Å². The summed E-state index contributed by atoms with van der Waals surface area (Å²) in [5, 5.41) is 2.78. The van der Waals surface area contributed by atoms with Gasteiger partial charge >= 0.3 is 0 Å². The average Bonchev–Trinajstić information content (AvgIpc) is 2.18. The Hall–Kier alpha value is -1.06. The van der Waals surface area contributed by atoms with Crippen LogP contribution in [0, 0.1) is 11.3 Å². The summed E-state index contributed by atoms with van der Waals surface area (Å²) in [6, 6.07) is -0.326. The van der Waals surface area contributed by atoms with Gasteiger partial charge in [-0.15, -0.1) is 0 Å². The molecule has 104 valence electrons. The molecule has 0 aliphatic carbocycles. The molecular weight excluding hydrogens is 228 g/mol. The molecule has 0 aromatic carbocycles. The summed E-state index contributed by atoms with van der Waals surface area (Å²) in [7, 11) is 0. The average molecular weight is 254 g/mol. The molecule has 0 radical (unpaired) electrons. The van der Waals surface area contributed by atoms with E-state index in [-0.39, 0.29) is 23.3 Å². The zero-order valence-corrected chi connectivity index (χ0v) is 12.2. The van der Waals surface area contributed by atoms with Crippen LogP contribution in [0.4, 0.5) is 0 Å². The number of amides is 2. The molecular formula is C14H26N2O2. The molecule has 2 unspecified atom stereocenters. The number of nitrogens with zero attached hydrogens (tertiary/aromatic N) is 1. The molecule has 1 rings (SSSR count). The van der Waals surface area contributed by atoms with Gasteiger partial charge in [0.2, 0.25) is 11.8 Å². The van der Waals surface area contributed by atoms with Crippen molar-refractivity contribution in [1.29, 1.82) is 0 Å². The Kier molecular flexibility index (Phi) is 4.77. The number of hydrogen-bond donors (Lipinski definition) is 1. The monoisotopic (exact) mass is 254 g/mol. The highest BCUT2D eigenvalue weighted by molar-refractivity contribution is 5.88. The van der Waals surface area contributed by atoms with Gasteiger partial charge in [-0.3, -0.25) is 9.59 Å². The summed E-state index contributed by atoms with van der Waals surface area (Å²) < 4.78 is 0. The lowest BCUT2D eigenvalue weighted by atomic mass is 9.84. The number of nitrogens with one attached hydrogen (secondary N) is 1. The second kappa shape index (κ2) is 5.72. The van der Waals surface area contributed by atoms with Crippen LogP contribution in [0.5, 0.6) is 0 Å². The van der Waals surface area contributed by atoms with Gasteiger partial charge < -0.3 is 10.2 Å². The van der Waals surface area contributed by atoms with E-state index >= 15 is 0 Å². The van der Waals surface area contributed by atoms with Gasteiger partial charge in [-0.2, -0.15) is 0 Å². The Morgan fingerprint density at radius 3 is 2.67 bits per heavy atom. The predicted octanol–water partition coefficient (Wildman–Crippen LogP) is 1.80. The first-order valence-corrected chi connectivity index (χ1v) is 6.78. The van der Waals surface area contributed by atoms with E-state index in [1.807, 2.05) is 0 Å². The van der Waals surface area contributed by atoms with Crippen LogP contribution in [-0.2, 0) is 9.59 Å². The van der Waals surface area contributed by atoms with Crippen molar-refractivity contribution in [2.45, 2.75) is 53.5 Å². The number of rotatable bonds is 3. The van der Waals surface area contributed by atoms with E-state index in [2.05, 4.69) is 33.0 Å². The van der Waals surface area contributed by atoms with Crippen LogP contribution in [0.1, 0.15) is 47.5 Å². The molecule has 0 aromatic heterocycles. The maximum atomic E-state index is 12.2. The summed E-state index contributed by atoms with van der Waals surface area (Å²) in [4.78, 5) is 25.4. The fourth-order valence-electron chi connectivity index (χ4n) is 2.66. The molecule has 1 heterocycles. The first-order chi connectivity index (χ1) is 8.20. The fraction of sp³-hybridized carbons (Fsp3) is 0.857. The topological polar surface area (TPSA) is 49.4 Å². The summed E-state index contributed by atoms with van der Waals surface area (Å²) in [6.07, 6.45) is 1.56. The van der Waals surface area contributed by atoms with Crippen molar-refractivity contribution in [3.63, 3.8) is 0 Å². The van der Waals surface area contributed by atoms with Gasteiger partial charge in [0.05, 0.1) is 0 Å². The normalized spacial score (nSPS) is 22.6. The van der Waals surface area contributed by atoms with Crippen LogP contribution in [0.3, 0.4) is 0 Å². The van der Waals surface area contributed by atoms with E-state index in [1.54, 1.807) is 11.8 Å². The van der Waals surface area contributed by atoms with Crippen molar-refractivity contribution >= 4 is 11.8 Å². The number of carbonyl (C=O) groups excluding carboxylic acids is 2. The molecule has 1 aliphatic heterocycles. The third-order valence-electron chi connectivity index (χ3n) is 3.30. The zero-order valence-electron chi connectivity index (χ0n) is 12.2. The number of piperazine rings is 1. The van der Waals surface area contributed by atoms with Crippen LogP contribution in [-0.4, -0.2) is 35.8 Å². The molecule has 18 heavy (non-hydrogen) atoms. The van der Waals surface area contributed by atoms with Crippen molar-refractivity contribution in [1.82, 2.24) is 10.2 Å². The van der Waals surface area contributed by atoms with Gasteiger partial charge in [0, 0.05) is 19.5 Å². The number of hydrogen-bond acceptors (Lipinski definition) is 2. The molecule has 0 aromatic rings. The first kappa shape index (κ1) is 15.0. The smallest absolute Gasteiger partial charge is 0.242 e. The molecule has 4 heteroatoms. The molecule has 1 N–H and O–H groups in total. The highest BCUT2D eigenvalue weighted by Crippen LogP contribution is 2.26. The fourth-order valence-corrected chi connectivity index (χ4v) is 2.66. The Labute approximate surface area is 110 Å². The van der Waals surface area contributed by atoms with E-state index in [4.69, 9.17) is 0 Å². The molecule has 0 saturated carbocycles. The van der Waals surface area contributed by atoms with Gasteiger partial charge in [0.15, 0.2) is 0 Å². The van der Waals surface area contributed by atoms with Crippen LogP contribution in [0.2, 0.25) is 0 Å². The summed E-state index contributed by atoms with van der Waals surface area (Å²) in [5.41, 5.74) is 0.241. The van der Waals surface area contributed by atoms with Gasteiger partial charge in [-0.25, -0.2) is 0 Å². The van der Waals surface area contributed by atoms with Gasteiger partial charge in [-0.1, -0.05) is 27.7 Å². The third-order valence-corrected chi connectivity index (χ3v) is 3.30. The van der Waals surface area contributed by atoms with E-state index in [0.717, 1.165) is 6.42 Å². The predicted molar refractivity (Wildman–Crippen MR) is 72.0 cm³/mol. The van der Waals surface area contributed by atoms with Crippen molar-refractivity contribution in [2.24, 2.45) is 11.3 Å². The Morgan fingerprint density at radius 1 is 1.50 bits per heavy atom. The SMILES string of the molecule is CC(CC(=O)N1CCNC(=O)C1C)CC(C)(C)C. The lowest BCUT2D eigenvalue weighted by Gasteiger charge is -2.34. The minimum atomic E-state index is -0.326. The largest absolute Gasteiger partial charge is 0.353 e.